The van der Waals surface area contributed by atoms with Crippen LogP contribution in [0.3, 0.4) is 0 Å². The molecule has 0 bridgehead atoms. The molecule has 1 aromatic heterocycles. The molecule has 0 saturated heterocycles. The van der Waals surface area contributed by atoms with Crippen molar-refractivity contribution in [2.24, 2.45) is 0 Å². The second kappa shape index (κ2) is 5.89. The van der Waals surface area contributed by atoms with Gasteiger partial charge in [0.05, 0.1) is 13.0 Å². The number of carbonyl (C=O) groups is 1. The summed E-state index contributed by atoms with van der Waals surface area (Å²) < 4.78 is 31.1. The molecule has 9 nitrogen and oxygen atoms in total. The van der Waals surface area contributed by atoms with Gasteiger partial charge in [0.2, 0.25) is 5.89 Å². The van der Waals surface area contributed by atoms with Crippen LogP contribution in [0.2, 0.25) is 0 Å². The molecule has 102 valence electrons. The molecule has 0 amide bonds. The van der Waals surface area contributed by atoms with Gasteiger partial charge in [0.25, 0.3) is 10.2 Å². The first-order valence-corrected chi connectivity index (χ1v) is 6.47. The second-order valence-corrected chi connectivity index (χ2v) is 5.38. The molecule has 2 N–H and O–H groups in total. The van der Waals surface area contributed by atoms with Crippen LogP contribution in [-0.4, -0.2) is 47.5 Å². The molecular weight excluding hydrogens is 264 g/mol. The molecule has 0 aliphatic rings. The topological polar surface area (TPSA) is 126 Å². The summed E-state index contributed by atoms with van der Waals surface area (Å²) in [6.45, 7) is 1.36. The van der Waals surface area contributed by atoms with Crippen molar-refractivity contribution in [2.75, 3.05) is 13.6 Å². The largest absolute Gasteiger partial charge is 0.481 e. The van der Waals surface area contributed by atoms with E-state index in [1.807, 2.05) is 0 Å². The van der Waals surface area contributed by atoms with Crippen LogP contribution in [0.4, 0.5) is 0 Å². The quantitative estimate of drug-likeness (QED) is 0.663. The molecule has 0 atom stereocenters. The number of aryl methyl sites for hydroxylation is 1. The summed E-state index contributed by atoms with van der Waals surface area (Å²) in [6, 6.07) is 0. The molecule has 0 spiro atoms. The Labute approximate surface area is 104 Å². The molecule has 0 aliphatic heterocycles. The number of carboxylic acids is 1. The number of rotatable bonds is 7. The lowest BCUT2D eigenvalue weighted by Gasteiger charge is -2.15. The normalized spacial score (nSPS) is 11.9. The fourth-order valence-electron chi connectivity index (χ4n) is 1.05. The van der Waals surface area contributed by atoms with Gasteiger partial charge in [0, 0.05) is 20.5 Å². The van der Waals surface area contributed by atoms with Crippen molar-refractivity contribution >= 4 is 16.2 Å². The van der Waals surface area contributed by atoms with Crippen molar-refractivity contribution in [1.82, 2.24) is 19.2 Å². The highest BCUT2D eigenvalue weighted by atomic mass is 32.2. The van der Waals surface area contributed by atoms with Gasteiger partial charge in [0.15, 0.2) is 5.82 Å². The Kier molecular flexibility index (Phi) is 4.76. The number of hydrogen-bond donors (Lipinski definition) is 2. The van der Waals surface area contributed by atoms with Crippen LogP contribution in [0.1, 0.15) is 18.1 Å². The minimum absolute atomic E-state index is 0.114. The van der Waals surface area contributed by atoms with Gasteiger partial charge in [-0.25, -0.2) is 0 Å². The first kappa shape index (κ1) is 14.5. The lowest BCUT2D eigenvalue weighted by molar-refractivity contribution is -0.137. The number of nitrogens with zero attached hydrogens (tertiary/aromatic N) is 3. The highest BCUT2D eigenvalue weighted by molar-refractivity contribution is 7.87. The maximum atomic E-state index is 11.7. The van der Waals surface area contributed by atoms with Crippen LogP contribution < -0.4 is 4.72 Å². The minimum Gasteiger partial charge on any atom is -0.481 e. The summed E-state index contributed by atoms with van der Waals surface area (Å²) in [6.07, 6.45) is -0.265. The van der Waals surface area contributed by atoms with Crippen molar-refractivity contribution in [3.8, 4) is 0 Å². The van der Waals surface area contributed by atoms with Crippen molar-refractivity contribution in [3.63, 3.8) is 0 Å². The van der Waals surface area contributed by atoms with E-state index in [1.54, 1.807) is 6.92 Å². The SMILES string of the molecule is Cc1nc(CNS(=O)(=O)N(C)CCC(=O)O)no1. The van der Waals surface area contributed by atoms with E-state index in [0.717, 1.165) is 4.31 Å². The number of hydrogen-bond acceptors (Lipinski definition) is 6. The van der Waals surface area contributed by atoms with Crippen LogP contribution >= 0.6 is 0 Å². The van der Waals surface area contributed by atoms with E-state index < -0.39 is 16.2 Å². The van der Waals surface area contributed by atoms with Crippen molar-refractivity contribution in [2.45, 2.75) is 19.9 Å². The predicted molar refractivity (Wildman–Crippen MR) is 59.7 cm³/mol. The molecule has 0 unspecified atom stereocenters. The van der Waals surface area contributed by atoms with Crippen molar-refractivity contribution in [3.05, 3.63) is 11.7 Å². The molecule has 0 fully saturated rings. The maximum absolute atomic E-state index is 11.7. The Morgan fingerprint density at radius 1 is 1.56 bits per heavy atom. The first-order valence-electron chi connectivity index (χ1n) is 5.03. The number of carboxylic acid groups (broad SMARTS) is 1. The van der Waals surface area contributed by atoms with Gasteiger partial charge in [-0.05, 0) is 0 Å². The predicted octanol–water partition coefficient (Wildman–Crippen LogP) is -0.881. The number of nitrogens with one attached hydrogen (secondary N) is 1. The maximum Gasteiger partial charge on any atom is 0.304 e. The Bertz CT molecular complexity index is 511. The minimum atomic E-state index is -3.75. The fraction of sp³-hybridized carbons (Fsp3) is 0.625. The Morgan fingerprint density at radius 2 is 2.22 bits per heavy atom. The van der Waals surface area contributed by atoms with E-state index in [9.17, 15) is 13.2 Å². The number of aliphatic carboxylic acids is 1. The molecule has 1 rings (SSSR count). The summed E-state index contributed by atoms with van der Waals surface area (Å²) in [7, 11) is -2.46. The molecule has 1 aromatic rings. The number of aromatic nitrogens is 2. The molecule has 10 heteroatoms. The first-order chi connectivity index (χ1) is 8.31. The summed E-state index contributed by atoms with van der Waals surface area (Å²) in [5.74, 6) is -0.517. The standard InChI is InChI=1S/C8H14N4O5S/c1-6-10-7(11-17-6)5-9-18(15,16)12(2)4-3-8(13)14/h9H,3-5H2,1-2H3,(H,13,14). The lowest BCUT2D eigenvalue weighted by Crippen LogP contribution is -2.39. The van der Waals surface area contributed by atoms with Crippen molar-refractivity contribution in [1.29, 1.82) is 0 Å². The average molecular weight is 278 g/mol. The van der Waals surface area contributed by atoms with Gasteiger partial charge in [-0.1, -0.05) is 5.16 Å². The van der Waals surface area contributed by atoms with E-state index in [0.29, 0.717) is 5.89 Å². The van der Waals surface area contributed by atoms with Crippen LogP contribution in [0.5, 0.6) is 0 Å². The molecule has 18 heavy (non-hydrogen) atoms. The van der Waals surface area contributed by atoms with Gasteiger partial charge >= 0.3 is 5.97 Å². The Morgan fingerprint density at radius 3 is 2.72 bits per heavy atom. The van der Waals surface area contributed by atoms with Gasteiger partial charge in [0.1, 0.15) is 0 Å². The fourth-order valence-corrected chi connectivity index (χ4v) is 1.92. The molecule has 0 saturated carbocycles. The molecule has 1 heterocycles. The summed E-state index contributed by atoms with van der Waals surface area (Å²) in [5, 5.41) is 12.0. The van der Waals surface area contributed by atoms with E-state index in [2.05, 4.69) is 19.4 Å². The molecule has 0 aliphatic carbocycles. The van der Waals surface area contributed by atoms with Crippen molar-refractivity contribution < 1.29 is 22.8 Å². The van der Waals surface area contributed by atoms with Crippen LogP contribution in [0.25, 0.3) is 0 Å². The van der Waals surface area contributed by atoms with E-state index >= 15 is 0 Å². The molecular formula is C8H14N4O5S. The zero-order valence-electron chi connectivity index (χ0n) is 9.95. The second-order valence-electron chi connectivity index (χ2n) is 3.52. The average Bonchev–Trinajstić information content (AvgIpc) is 2.69. The highest BCUT2D eigenvalue weighted by Gasteiger charge is 2.18. The third kappa shape index (κ3) is 4.39. The van der Waals surface area contributed by atoms with Gasteiger partial charge in [-0.2, -0.15) is 22.4 Å². The lowest BCUT2D eigenvalue weighted by atomic mass is 10.4. The highest BCUT2D eigenvalue weighted by Crippen LogP contribution is 1.99. The molecule has 0 radical (unpaired) electrons. The summed E-state index contributed by atoms with van der Waals surface area (Å²) in [4.78, 5) is 14.2. The van der Waals surface area contributed by atoms with Crippen LogP contribution in [0, 0.1) is 6.92 Å². The monoisotopic (exact) mass is 278 g/mol. The van der Waals surface area contributed by atoms with Gasteiger partial charge in [-0.15, -0.1) is 0 Å². The third-order valence-corrected chi connectivity index (χ3v) is 3.55. The van der Waals surface area contributed by atoms with E-state index in [-0.39, 0.29) is 25.3 Å². The Balaban J connectivity index is 2.51. The van der Waals surface area contributed by atoms with Crippen LogP contribution in [0.15, 0.2) is 4.52 Å². The summed E-state index contributed by atoms with van der Waals surface area (Å²) in [5.41, 5.74) is 0. The third-order valence-electron chi connectivity index (χ3n) is 2.03. The zero-order valence-corrected chi connectivity index (χ0v) is 10.8. The smallest absolute Gasteiger partial charge is 0.304 e. The summed E-state index contributed by atoms with van der Waals surface area (Å²) >= 11 is 0. The van der Waals surface area contributed by atoms with E-state index in [4.69, 9.17) is 5.11 Å². The van der Waals surface area contributed by atoms with Gasteiger partial charge < -0.3 is 9.63 Å². The molecule has 0 aromatic carbocycles. The van der Waals surface area contributed by atoms with Gasteiger partial charge in [-0.3, -0.25) is 4.79 Å². The van der Waals surface area contributed by atoms with Crippen LogP contribution in [-0.2, 0) is 21.5 Å². The van der Waals surface area contributed by atoms with E-state index in [1.165, 1.54) is 7.05 Å². The zero-order chi connectivity index (χ0) is 13.8. The Hall–Kier alpha value is -1.52.